The van der Waals surface area contributed by atoms with E-state index in [4.69, 9.17) is 0 Å². The van der Waals surface area contributed by atoms with E-state index in [1.165, 1.54) is 12.1 Å². The summed E-state index contributed by atoms with van der Waals surface area (Å²) in [6.07, 6.45) is 1.65. The van der Waals surface area contributed by atoms with Crippen LogP contribution < -0.4 is 10.0 Å². The molecule has 114 valence electrons. The van der Waals surface area contributed by atoms with Gasteiger partial charge in [-0.25, -0.2) is 17.5 Å². The van der Waals surface area contributed by atoms with Gasteiger partial charge in [0, 0.05) is 12.6 Å². The zero-order valence-electron chi connectivity index (χ0n) is 12.2. The SMILES string of the molecule is CCCNCc1ccc(S(=O)(=O)NC(C)CC)c(F)c1. The smallest absolute Gasteiger partial charge is 0.243 e. The first-order valence-electron chi connectivity index (χ1n) is 6.92. The molecule has 4 nitrogen and oxygen atoms in total. The molecule has 0 fully saturated rings. The van der Waals surface area contributed by atoms with Gasteiger partial charge in [0.05, 0.1) is 0 Å². The van der Waals surface area contributed by atoms with E-state index in [-0.39, 0.29) is 10.9 Å². The van der Waals surface area contributed by atoms with Gasteiger partial charge in [0.1, 0.15) is 10.7 Å². The zero-order chi connectivity index (χ0) is 15.2. The molecule has 0 radical (unpaired) electrons. The summed E-state index contributed by atoms with van der Waals surface area (Å²) < 4.78 is 40.5. The zero-order valence-corrected chi connectivity index (χ0v) is 13.1. The summed E-state index contributed by atoms with van der Waals surface area (Å²) in [4.78, 5) is -0.294. The molecule has 1 unspecified atom stereocenters. The monoisotopic (exact) mass is 302 g/mol. The van der Waals surface area contributed by atoms with Gasteiger partial charge in [-0.2, -0.15) is 0 Å². The van der Waals surface area contributed by atoms with E-state index in [0.29, 0.717) is 13.0 Å². The highest BCUT2D eigenvalue weighted by atomic mass is 32.2. The van der Waals surface area contributed by atoms with Gasteiger partial charge >= 0.3 is 0 Å². The van der Waals surface area contributed by atoms with Crippen molar-refractivity contribution in [3.63, 3.8) is 0 Å². The molecule has 20 heavy (non-hydrogen) atoms. The van der Waals surface area contributed by atoms with Crippen LogP contribution in [-0.4, -0.2) is 21.0 Å². The van der Waals surface area contributed by atoms with Crippen LogP contribution >= 0.6 is 0 Å². The van der Waals surface area contributed by atoms with Gasteiger partial charge in [0.2, 0.25) is 10.0 Å². The van der Waals surface area contributed by atoms with Gasteiger partial charge < -0.3 is 5.32 Å². The largest absolute Gasteiger partial charge is 0.313 e. The molecule has 0 spiro atoms. The number of benzene rings is 1. The van der Waals surface area contributed by atoms with Crippen LogP contribution in [0.3, 0.4) is 0 Å². The Hall–Kier alpha value is -0.980. The van der Waals surface area contributed by atoms with Gasteiger partial charge in [0.25, 0.3) is 0 Å². The maximum absolute atomic E-state index is 14.0. The molecule has 1 aromatic carbocycles. The van der Waals surface area contributed by atoms with Crippen LogP contribution in [0.2, 0.25) is 0 Å². The average molecular weight is 302 g/mol. The molecule has 0 aliphatic carbocycles. The first-order chi connectivity index (χ1) is 9.40. The van der Waals surface area contributed by atoms with Crippen LogP contribution in [0.5, 0.6) is 0 Å². The molecule has 0 amide bonds. The second kappa shape index (κ2) is 7.71. The van der Waals surface area contributed by atoms with Crippen molar-refractivity contribution < 1.29 is 12.8 Å². The van der Waals surface area contributed by atoms with E-state index in [2.05, 4.69) is 10.0 Å². The van der Waals surface area contributed by atoms with Crippen molar-refractivity contribution in [2.24, 2.45) is 0 Å². The van der Waals surface area contributed by atoms with Crippen LogP contribution in [0.1, 0.15) is 39.2 Å². The molecule has 2 N–H and O–H groups in total. The molecular weight excluding hydrogens is 279 g/mol. The topological polar surface area (TPSA) is 58.2 Å². The van der Waals surface area contributed by atoms with Gasteiger partial charge in [-0.05, 0) is 44.0 Å². The molecule has 0 saturated carbocycles. The standard InChI is InChI=1S/C14H23FN2O2S/c1-4-8-16-10-12-6-7-14(13(15)9-12)20(18,19)17-11(3)5-2/h6-7,9,11,16-17H,4-5,8,10H2,1-3H3. The minimum Gasteiger partial charge on any atom is -0.313 e. The molecule has 1 rings (SSSR count). The average Bonchev–Trinajstić information content (AvgIpc) is 2.38. The second-order valence-corrected chi connectivity index (χ2v) is 6.55. The van der Waals surface area contributed by atoms with E-state index in [1.807, 2.05) is 13.8 Å². The van der Waals surface area contributed by atoms with Gasteiger partial charge in [-0.3, -0.25) is 0 Å². The summed E-state index contributed by atoms with van der Waals surface area (Å²) in [7, 11) is -3.79. The van der Waals surface area contributed by atoms with Crippen molar-refractivity contribution >= 4 is 10.0 Å². The predicted octanol–water partition coefficient (Wildman–Crippen LogP) is 2.40. The van der Waals surface area contributed by atoms with Gasteiger partial charge in [0.15, 0.2) is 0 Å². The van der Waals surface area contributed by atoms with Crippen molar-refractivity contribution in [2.45, 2.75) is 51.1 Å². The van der Waals surface area contributed by atoms with Crippen LogP contribution in [0, 0.1) is 5.82 Å². The molecule has 0 bridgehead atoms. The lowest BCUT2D eigenvalue weighted by molar-refractivity contribution is 0.538. The van der Waals surface area contributed by atoms with Crippen molar-refractivity contribution in [2.75, 3.05) is 6.54 Å². The lowest BCUT2D eigenvalue weighted by Crippen LogP contribution is -2.32. The predicted molar refractivity (Wildman–Crippen MR) is 78.5 cm³/mol. The fourth-order valence-corrected chi connectivity index (χ4v) is 3.08. The molecule has 0 aromatic heterocycles. The molecule has 0 heterocycles. The number of halogens is 1. The first kappa shape index (κ1) is 17.1. The second-order valence-electron chi connectivity index (χ2n) is 4.87. The van der Waals surface area contributed by atoms with E-state index in [0.717, 1.165) is 18.5 Å². The number of rotatable bonds is 8. The summed E-state index contributed by atoms with van der Waals surface area (Å²) in [5.41, 5.74) is 0.735. The van der Waals surface area contributed by atoms with E-state index < -0.39 is 15.8 Å². The summed E-state index contributed by atoms with van der Waals surface area (Å²) in [6.45, 7) is 7.04. The third-order valence-corrected chi connectivity index (χ3v) is 4.63. The Balaban J connectivity index is 2.87. The van der Waals surface area contributed by atoms with Crippen LogP contribution in [0.25, 0.3) is 0 Å². The highest BCUT2D eigenvalue weighted by Crippen LogP contribution is 2.16. The lowest BCUT2D eigenvalue weighted by atomic mass is 10.2. The highest BCUT2D eigenvalue weighted by molar-refractivity contribution is 7.89. The number of sulfonamides is 1. The van der Waals surface area contributed by atoms with Crippen LogP contribution in [0.15, 0.2) is 23.1 Å². The number of hydrogen-bond acceptors (Lipinski definition) is 3. The Morgan fingerprint density at radius 1 is 1.30 bits per heavy atom. The van der Waals surface area contributed by atoms with E-state index >= 15 is 0 Å². The lowest BCUT2D eigenvalue weighted by Gasteiger charge is -2.13. The van der Waals surface area contributed by atoms with Gasteiger partial charge in [-0.1, -0.05) is 19.9 Å². The quantitative estimate of drug-likeness (QED) is 0.725. The van der Waals surface area contributed by atoms with Crippen LogP contribution in [0.4, 0.5) is 4.39 Å². The molecule has 0 aliphatic rings. The molecule has 1 aromatic rings. The minimum atomic E-state index is -3.79. The van der Waals surface area contributed by atoms with Crippen molar-refractivity contribution in [1.82, 2.24) is 10.0 Å². The summed E-state index contributed by atoms with van der Waals surface area (Å²) in [5, 5.41) is 3.15. The number of nitrogens with one attached hydrogen (secondary N) is 2. The Morgan fingerprint density at radius 3 is 2.55 bits per heavy atom. The molecule has 0 aliphatic heterocycles. The molecule has 6 heteroatoms. The molecular formula is C14H23FN2O2S. The maximum atomic E-state index is 14.0. The van der Waals surface area contributed by atoms with Crippen molar-refractivity contribution in [3.8, 4) is 0 Å². The van der Waals surface area contributed by atoms with Crippen molar-refractivity contribution in [3.05, 3.63) is 29.6 Å². The Kier molecular flexibility index (Phi) is 6.58. The van der Waals surface area contributed by atoms with E-state index in [1.54, 1.807) is 13.0 Å². The van der Waals surface area contributed by atoms with Crippen LogP contribution in [-0.2, 0) is 16.6 Å². The minimum absolute atomic E-state index is 0.217. The fourth-order valence-electron chi connectivity index (χ4n) is 1.69. The Morgan fingerprint density at radius 2 is 2.00 bits per heavy atom. The normalized spacial score (nSPS) is 13.4. The first-order valence-corrected chi connectivity index (χ1v) is 8.40. The number of hydrogen-bond donors (Lipinski definition) is 2. The maximum Gasteiger partial charge on any atom is 0.243 e. The molecule has 0 saturated heterocycles. The van der Waals surface area contributed by atoms with Crippen molar-refractivity contribution in [1.29, 1.82) is 0 Å². The Bertz CT molecular complexity index is 532. The fraction of sp³-hybridized carbons (Fsp3) is 0.571. The Labute approximate surface area is 120 Å². The highest BCUT2D eigenvalue weighted by Gasteiger charge is 2.20. The van der Waals surface area contributed by atoms with Gasteiger partial charge in [-0.15, -0.1) is 0 Å². The third kappa shape index (κ3) is 4.85. The summed E-state index contributed by atoms with van der Waals surface area (Å²) in [6, 6.07) is 4.01. The molecule has 1 atom stereocenters. The summed E-state index contributed by atoms with van der Waals surface area (Å²) >= 11 is 0. The third-order valence-electron chi connectivity index (χ3n) is 3.01. The van der Waals surface area contributed by atoms with E-state index in [9.17, 15) is 12.8 Å². The summed E-state index contributed by atoms with van der Waals surface area (Å²) in [5.74, 6) is -0.711.